The fourth-order valence-corrected chi connectivity index (χ4v) is 10.7. The van der Waals surface area contributed by atoms with Crippen molar-refractivity contribution >= 4 is 23.7 Å². The quantitative estimate of drug-likeness (QED) is 0.293. The van der Waals surface area contributed by atoms with Crippen LogP contribution in [0, 0.1) is 40.4 Å². The van der Waals surface area contributed by atoms with Gasteiger partial charge < -0.3 is 24.1 Å². The third-order valence-electron chi connectivity index (χ3n) is 12.5. The van der Waals surface area contributed by atoms with Gasteiger partial charge in [-0.15, -0.1) is 0 Å². The minimum absolute atomic E-state index is 0.00997. The summed E-state index contributed by atoms with van der Waals surface area (Å²) in [6, 6.07) is 0. The van der Waals surface area contributed by atoms with Crippen LogP contribution in [-0.2, 0) is 38.1 Å². The molecule has 4 bridgehead atoms. The van der Waals surface area contributed by atoms with Crippen molar-refractivity contribution in [2.24, 2.45) is 40.4 Å². The summed E-state index contributed by atoms with van der Waals surface area (Å²) in [5, 5.41) is 12.4. The highest BCUT2D eigenvalue weighted by Crippen LogP contribution is 2.77. The number of Topliss-reactive ketones (excluding diaryl/α,β-unsaturated/α-hetero) is 1. The summed E-state index contributed by atoms with van der Waals surface area (Å²) < 4.78 is 24.7. The van der Waals surface area contributed by atoms with Crippen LogP contribution in [0.1, 0.15) is 59.3 Å². The van der Waals surface area contributed by atoms with Gasteiger partial charge in [-0.2, -0.15) is 0 Å². The van der Waals surface area contributed by atoms with Crippen LogP contribution >= 0.6 is 0 Å². The lowest BCUT2D eigenvalue weighted by atomic mass is 9.39. The van der Waals surface area contributed by atoms with Crippen molar-refractivity contribution in [1.82, 2.24) is 0 Å². The SMILES string of the molecule is C[C@@]12C[C@H]3OC(=O)[C@@H]1CO[C@]14C(=O)O[C@]5([C@H]21)[C@@](O)(CC[C@H]1[C@H]4C=CC2CCCC(=O)[C@@]21C)C(=O)O[C@@]35C. The van der Waals surface area contributed by atoms with Gasteiger partial charge >= 0.3 is 17.9 Å². The first-order chi connectivity index (χ1) is 17.4. The lowest BCUT2D eigenvalue weighted by molar-refractivity contribution is -0.330. The first kappa shape index (κ1) is 22.7. The molecule has 0 radical (unpaired) electrons. The second-order valence-corrected chi connectivity index (χ2v) is 13.5. The Morgan fingerprint density at radius 3 is 2.57 bits per heavy atom. The molecule has 8 aliphatic rings. The number of aliphatic hydroxyl groups is 1. The molecule has 4 aliphatic heterocycles. The lowest BCUT2D eigenvalue weighted by Gasteiger charge is -2.67. The molecule has 1 spiro atoms. The zero-order valence-corrected chi connectivity index (χ0v) is 21.3. The molecule has 1 unspecified atom stereocenters. The minimum atomic E-state index is -2.16. The number of ether oxygens (including phenoxy) is 4. The molecule has 7 fully saturated rings. The maximum absolute atomic E-state index is 14.4. The fourth-order valence-electron chi connectivity index (χ4n) is 10.7. The first-order valence-corrected chi connectivity index (χ1v) is 13.7. The van der Waals surface area contributed by atoms with Crippen molar-refractivity contribution in [3.63, 3.8) is 0 Å². The van der Waals surface area contributed by atoms with Crippen LogP contribution in [0.3, 0.4) is 0 Å². The summed E-state index contributed by atoms with van der Waals surface area (Å²) in [4.78, 5) is 54.9. The van der Waals surface area contributed by atoms with E-state index in [1.807, 2.05) is 19.9 Å². The zero-order chi connectivity index (χ0) is 26.0. The summed E-state index contributed by atoms with van der Waals surface area (Å²) in [5.41, 5.74) is -8.69. The van der Waals surface area contributed by atoms with Gasteiger partial charge in [-0.25, -0.2) is 9.59 Å². The molecule has 0 aromatic carbocycles. The van der Waals surface area contributed by atoms with Gasteiger partial charge in [0.05, 0.1) is 18.4 Å². The van der Waals surface area contributed by atoms with E-state index in [0.717, 1.165) is 12.8 Å². The topological polar surface area (TPSA) is 125 Å². The molecular formula is C28H32O9. The summed E-state index contributed by atoms with van der Waals surface area (Å²) in [6.45, 7) is 5.52. The van der Waals surface area contributed by atoms with Crippen LogP contribution in [-0.4, -0.2) is 63.9 Å². The smallest absolute Gasteiger partial charge is 0.343 e. The number of esters is 3. The molecule has 9 nitrogen and oxygen atoms in total. The van der Waals surface area contributed by atoms with E-state index in [1.165, 1.54) is 0 Å². The van der Waals surface area contributed by atoms with Gasteiger partial charge in [0.25, 0.3) is 0 Å². The highest BCUT2D eigenvalue weighted by Gasteiger charge is 2.95. The molecule has 0 amide bonds. The molecule has 4 saturated heterocycles. The number of fused-ring (bicyclic) bond motifs is 5. The predicted molar refractivity (Wildman–Crippen MR) is 122 cm³/mol. The summed E-state index contributed by atoms with van der Waals surface area (Å²) >= 11 is 0. The lowest BCUT2D eigenvalue weighted by Crippen LogP contribution is -2.82. The Bertz CT molecular complexity index is 1240. The molecule has 3 saturated carbocycles. The van der Waals surface area contributed by atoms with Crippen LogP contribution in [0.25, 0.3) is 0 Å². The molecule has 1 N–H and O–H groups in total. The molecule has 12 atom stereocenters. The van der Waals surface area contributed by atoms with Gasteiger partial charge in [-0.1, -0.05) is 26.0 Å². The number of ketones is 1. The molecule has 0 aromatic heterocycles. The van der Waals surface area contributed by atoms with E-state index in [4.69, 9.17) is 18.9 Å². The monoisotopic (exact) mass is 512 g/mol. The van der Waals surface area contributed by atoms with E-state index in [0.29, 0.717) is 19.3 Å². The Balaban J connectivity index is 1.45. The normalized spacial score (nSPS) is 60.4. The maximum atomic E-state index is 14.4. The summed E-state index contributed by atoms with van der Waals surface area (Å²) in [6.07, 6.45) is 6.06. The van der Waals surface area contributed by atoms with Gasteiger partial charge in [0.1, 0.15) is 11.9 Å². The fraction of sp³-hybridized carbons (Fsp3) is 0.786. The van der Waals surface area contributed by atoms with Crippen LogP contribution < -0.4 is 0 Å². The number of carbonyl (C=O) groups is 4. The number of hydrogen-bond acceptors (Lipinski definition) is 9. The van der Waals surface area contributed by atoms with E-state index in [-0.39, 0.29) is 30.6 Å². The number of hydrogen-bond donors (Lipinski definition) is 1. The zero-order valence-electron chi connectivity index (χ0n) is 21.3. The number of carbonyl (C=O) groups excluding carboxylic acids is 4. The largest absolute Gasteiger partial charge is 0.458 e. The Morgan fingerprint density at radius 2 is 1.78 bits per heavy atom. The third-order valence-corrected chi connectivity index (χ3v) is 12.5. The van der Waals surface area contributed by atoms with E-state index in [1.54, 1.807) is 6.92 Å². The Labute approximate surface area is 214 Å². The van der Waals surface area contributed by atoms with Crippen molar-refractivity contribution in [3.8, 4) is 0 Å². The van der Waals surface area contributed by atoms with Gasteiger partial charge in [0, 0.05) is 17.8 Å². The summed E-state index contributed by atoms with van der Waals surface area (Å²) in [7, 11) is 0. The van der Waals surface area contributed by atoms with Crippen LogP contribution in [0.5, 0.6) is 0 Å². The van der Waals surface area contributed by atoms with Crippen molar-refractivity contribution in [1.29, 1.82) is 0 Å². The number of rotatable bonds is 0. The Morgan fingerprint density at radius 1 is 1.00 bits per heavy atom. The average Bonchev–Trinajstić information content (AvgIpc) is 3.22. The van der Waals surface area contributed by atoms with Gasteiger partial charge in [0.2, 0.25) is 11.2 Å². The first-order valence-electron chi connectivity index (χ1n) is 13.7. The van der Waals surface area contributed by atoms with Crippen molar-refractivity contribution in [3.05, 3.63) is 12.2 Å². The Hall–Kier alpha value is -2.26. The molecule has 198 valence electrons. The molecule has 9 heteroatoms. The van der Waals surface area contributed by atoms with E-state index >= 15 is 0 Å². The van der Waals surface area contributed by atoms with Crippen LogP contribution in [0.15, 0.2) is 12.2 Å². The maximum Gasteiger partial charge on any atom is 0.343 e. The van der Waals surface area contributed by atoms with E-state index in [9.17, 15) is 24.3 Å². The molecule has 0 aromatic rings. The van der Waals surface area contributed by atoms with Gasteiger partial charge in [-0.3, -0.25) is 9.59 Å². The summed E-state index contributed by atoms with van der Waals surface area (Å²) in [5.74, 6) is -4.19. The van der Waals surface area contributed by atoms with Gasteiger partial charge in [-0.05, 0) is 56.3 Å². The highest BCUT2D eigenvalue weighted by atomic mass is 16.7. The second-order valence-electron chi connectivity index (χ2n) is 13.5. The molecule has 4 aliphatic carbocycles. The Kier molecular flexibility index (Phi) is 3.77. The second kappa shape index (κ2) is 6.14. The third kappa shape index (κ3) is 1.96. The van der Waals surface area contributed by atoms with Gasteiger partial charge in [0.15, 0.2) is 11.2 Å². The van der Waals surface area contributed by atoms with Crippen LogP contribution in [0.2, 0.25) is 0 Å². The van der Waals surface area contributed by atoms with Crippen LogP contribution in [0.4, 0.5) is 0 Å². The standard InChI is InChI=1S/C28H32O9/c1-23-11-18-25(3)28-20(23)27(22(32)37-28,34-12-16(23)19(30)35-18)15-8-7-13-5-4-6-17(29)24(13,2)14(15)9-10-26(28,33)21(31)36-25/h7-8,13-16,18,20,33H,4-6,9-12H2,1-3H3/t13?,14-,15+,16-,18+,20+,23+,24-,25-,26+,27-,28-/m0/s1. The predicted octanol–water partition coefficient (Wildman–Crippen LogP) is 1.64. The van der Waals surface area contributed by atoms with Crippen molar-refractivity contribution < 1.29 is 43.2 Å². The van der Waals surface area contributed by atoms with E-state index < -0.39 is 75.0 Å². The molecule has 4 heterocycles. The van der Waals surface area contributed by atoms with Crippen molar-refractivity contribution in [2.75, 3.05) is 6.61 Å². The number of allylic oxidation sites excluding steroid dienone is 1. The highest BCUT2D eigenvalue weighted by molar-refractivity contribution is 5.94. The molecule has 37 heavy (non-hydrogen) atoms. The molecule has 8 rings (SSSR count). The molecular weight excluding hydrogens is 480 g/mol. The van der Waals surface area contributed by atoms with Crippen molar-refractivity contribution in [2.45, 2.75) is 87.8 Å². The average molecular weight is 513 g/mol. The van der Waals surface area contributed by atoms with E-state index in [2.05, 4.69) is 6.08 Å². The minimum Gasteiger partial charge on any atom is -0.458 e.